The van der Waals surface area contributed by atoms with E-state index in [2.05, 4.69) is 15.0 Å². The van der Waals surface area contributed by atoms with Crippen molar-refractivity contribution < 1.29 is 8.42 Å². The van der Waals surface area contributed by atoms with Gasteiger partial charge in [-0.15, -0.1) is 11.3 Å². The molecule has 0 amide bonds. The quantitative estimate of drug-likeness (QED) is 0.730. The Hall–Kier alpha value is -1.64. The maximum Gasteiger partial charge on any atom is 0.242 e. The highest BCUT2D eigenvalue weighted by Crippen LogP contribution is 2.31. The summed E-state index contributed by atoms with van der Waals surface area (Å²) in [5, 5.41) is 5.98. The number of benzene rings is 1. The first-order chi connectivity index (χ1) is 9.76. The van der Waals surface area contributed by atoms with Crippen LogP contribution in [0.15, 0.2) is 34.7 Å². The second-order valence-electron chi connectivity index (χ2n) is 5.05. The summed E-state index contributed by atoms with van der Waals surface area (Å²) in [6.45, 7) is 3.88. The van der Waals surface area contributed by atoms with Crippen molar-refractivity contribution in [2.75, 3.05) is 18.1 Å². The average Bonchev–Trinajstić information content (AvgIpc) is 2.95. The molecule has 0 aliphatic carbocycles. The molecule has 8 heteroatoms. The zero-order valence-corrected chi connectivity index (χ0v) is 13.7. The molecule has 1 aromatic heterocycles. The van der Waals surface area contributed by atoms with Gasteiger partial charge in [0.2, 0.25) is 10.0 Å². The summed E-state index contributed by atoms with van der Waals surface area (Å²) >= 11 is 1.51. The minimum absolute atomic E-state index is 0.120. The van der Waals surface area contributed by atoms with Gasteiger partial charge in [-0.2, -0.15) is 0 Å². The largest absolute Gasteiger partial charge is 0.399 e. The molecule has 0 saturated heterocycles. The molecule has 2 rings (SSSR count). The fourth-order valence-corrected chi connectivity index (χ4v) is 3.53. The van der Waals surface area contributed by atoms with Crippen LogP contribution in [0.4, 0.5) is 11.4 Å². The van der Waals surface area contributed by atoms with Crippen LogP contribution in [0.25, 0.3) is 0 Å². The molecule has 0 aliphatic rings. The smallest absolute Gasteiger partial charge is 0.242 e. The van der Waals surface area contributed by atoms with E-state index < -0.39 is 15.6 Å². The Morgan fingerprint density at radius 2 is 2.05 bits per heavy atom. The highest BCUT2D eigenvalue weighted by atomic mass is 32.2. The summed E-state index contributed by atoms with van der Waals surface area (Å²) in [6.07, 6.45) is 1.72. The second kappa shape index (κ2) is 5.63. The zero-order chi connectivity index (χ0) is 15.7. The van der Waals surface area contributed by atoms with Gasteiger partial charge in [0.1, 0.15) is 9.90 Å². The molecular formula is C13H18N4O2S2. The lowest BCUT2D eigenvalue weighted by Gasteiger charge is -2.26. The van der Waals surface area contributed by atoms with E-state index in [0.717, 1.165) is 5.01 Å². The Kier molecular flexibility index (Phi) is 4.22. The lowest BCUT2D eigenvalue weighted by molar-refractivity contribution is 0.584. The molecule has 0 bridgehead atoms. The van der Waals surface area contributed by atoms with Crippen molar-refractivity contribution in [2.45, 2.75) is 24.3 Å². The third kappa shape index (κ3) is 3.34. The van der Waals surface area contributed by atoms with E-state index in [1.54, 1.807) is 18.3 Å². The maximum absolute atomic E-state index is 12.1. The van der Waals surface area contributed by atoms with Crippen LogP contribution >= 0.6 is 11.3 Å². The Balaban J connectivity index is 2.46. The van der Waals surface area contributed by atoms with Gasteiger partial charge in [0.05, 0.1) is 11.2 Å². The number of nitrogens with zero attached hydrogens (tertiary/aromatic N) is 1. The van der Waals surface area contributed by atoms with Gasteiger partial charge in [-0.3, -0.25) is 0 Å². The van der Waals surface area contributed by atoms with Gasteiger partial charge in [-0.25, -0.2) is 18.1 Å². The SMILES string of the molecule is CNS(=O)(=O)c1cc(N)ccc1NC(C)(C)c1nccs1. The van der Waals surface area contributed by atoms with Crippen LogP contribution < -0.4 is 15.8 Å². The topological polar surface area (TPSA) is 97.1 Å². The normalized spacial score (nSPS) is 12.3. The molecular weight excluding hydrogens is 308 g/mol. The van der Waals surface area contributed by atoms with E-state index in [1.807, 2.05) is 19.2 Å². The van der Waals surface area contributed by atoms with Gasteiger partial charge in [0, 0.05) is 17.3 Å². The Bertz CT molecular complexity index is 725. The zero-order valence-electron chi connectivity index (χ0n) is 12.0. The Morgan fingerprint density at radius 3 is 2.62 bits per heavy atom. The number of hydrogen-bond acceptors (Lipinski definition) is 6. The van der Waals surface area contributed by atoms with Crippen LogP contribution in [-0.4, -0.2) is 20.4 Å². The number of hydrogen-bond donors (Lipinski definition) is 3. The summed E-state index contributed by atoms with van der Waals surface area (Å²) in [5.41, 5.74) is 6.08. The number of aromatic nitrogens is 1. The molecule has 1 heterocycles. The molecule has 0 saturated carbocycles. The minimum atomic E-state index is -3.60. The summed E-state index contributed by atoms with van der Waals surface area (Å²) in [4.78, 5) is 4.40. The van der Waals surface area contributed by atoms with Crippen molar-refractivity contribution in [3.8, 4) is 0 Å². The molecule has 0 fully saturated rings. The molecule has 2 aromatic rings. The fourth-order valence-electron chi connectivity index (χ4n) is 1.90. The third-order valence-corrected chi connectivity index (χ3v) is 5.53. The van der Waals surface area contributed by atoms with Gasteiger partial charge in [0.15, 0.2) is 0 Å². The molecule has 0 unspecified atom stereocenters. The number of rotatable bonds is 5. The molecule has 0 atom stereocenters. The van der Waals surface area contributed by atoms with Crippen LogP contribution in [0.3, 0.4) is 0 Å². The van der Waals surface area contributed by atoms with Crippen molar-refractivity contribution in [1.29, 1.82) is 0 Å². The number of anilines is 2. The summed E-state index contributed by atoms with van der Waals surface area (Å²) < 4.78 is 26.6. The molecule has 4 N–H and O–H groups in total. The van der Waals surface area contributed by atoms with Crippen molar-refractivity contribution in [3.63, 3.8) is 0 Å². The van der Waals surface area contributed by atoms with Crippen LogP contribution in [-0.2, 0) is 15.6 Å². The van der Waals surface area contributed by atoms with E-state index in [9.17, 15) is 8.42 Å². The predicted octanol–water partition coefficient (Wildman–Crippen LogP) is 1.98. The van der Waals surface area contributed by atoms with Gasteiger partial charge in [0.25, 0.3) is 0 Å². The molecule has 114 valence electrons. The lowest BCUT2D eigenvalue weighted by Crippen LogP contribution is -2.29. The predicted molar refractivity (Wildman–Crippen MR) is 85.9 cm³/mol. The third-order valence-electron chi connectivity index (χ3n) is 2.98. The summed E-state index contributed by atoms with van der Waals surface area (Å²) in [7, 11) is -2.23. The number of thiazole rings is 1. The summed E-state index contributed by atoms with van der Waals surface area (Å²) in [6, 6.07) is 4.76. The molecule has 0 spiro atoms. The van der Waals surface area contributed by atoms with Crippen LogP contribution in [0.2, 0.25) is 0 Å². The van der Waals surface area contributed by atoms with Gasteiger partial charge < -0.3 is 11.1 Å². The molecule has 21 heavy (non-hydrogen) atoms. The van der Waals surface area contributed by atoms with E-state index in [4.69, 9.17) is 5.73 Å². The molecule has 0 aliphatic heterocycles. The van der Waals surface area contributed by atoms with Crippen molar-refractivity contribution in [2.24, 2.45) is 0 Å². The van der Waals surface area contributed by atoms with Crippen molar-refractivity contribution in [3.05, 3.63) is 34.8 Å². The number of nitrogens with two attached hydrogens (primary N) is 1. The Labute approximate surface area is 128 Å². The fraction of sp³-hybridized carbons (Fsp3) is 0.308. The van der Waals surface area contributed by atoms with Crippen LogP contribution in [0, 0.1) is 0 Å². The maximum atomic E-state index is 12.1. The molecule has 6 nitrogen and oxygen atoms in total. The second-order valence-corrected chi connectivity index (χ2v) is 7.80. The van der Waals surface area contributed by atoms with Crippen molar-refractivity contribution in [1.82, 2.24) is 9.71 Å². The Morgan fingerprint density at radius 1 is 1.33 bits per heavy atom. The molecule has 1 aromatic carbocycles. The highest BCUT2D eigenvalue weighted by molar-refractivity contribution is 7.89. The monoisotopic (exact) mass is 326 g/mol. The van der Waals surface area contributed by atoms with E-state index >= 15 is 0 Å². The van der Waals surface area contributed by atoms with Crippen LogP contribution in [0.5, 0.6) is 0 Å². The minimum Gasteiger partial charge on any atom is -0.399 e. The van der Waals surface area contributed by atoms with Crippen LogP contribution in [0.1, 0.15) is 18.9 Å². The first-order valence-corrected chi connectivity index (χ1v) is 8.64. The van der Waals surface area contributed by atoms with E-state index in [-0.39, 0.29) is 4.90 Å². The highest BCUT2D eigenvalue weighted by Gasteiger charge is 2.26. The number of nitrogen functional groups attached to an aromatic ring is 1. The van der Waals surface area contributed by atoms with Gasteiger partial charge in [-0.05, 0) is 39.1 Å². The van der Waals surface area contributed by atoms with E-state index in [1.165, 1.54) is 24.5 Å². The van der Waals surface area contributed by atoms with Gasteiger partial charge >= 0.3 is 0 Å². The van der Waals surface area contributed by atoms with Gasteiger partial charge in [-0.1, -0.05) is 0 Å². The number of nitrogens with one attached hydrogen (secondary N) is 2. The first-order valence-electron chi connectivity index (χ1n) is 6.27. The first kappa shape index (κ1) is 15.7. The molecule has 0 radical (unpaired) electrons. The number of sulfonamides is 1. The lowest BCUT2D eigenvalue weighted by atomic mass is 10.1. The average molecular weight is 326 g/mol. The van der Waals surface area contributed by atoms with E-state index in [0.29, 0.717) is 11.4 Å². The van der Waals surface area contributed by atoms with Crippen molar-refractivity contribution >= 4 is 32.7 Å². The summed E-state index contributed by atoms with van der Waals surface area (Å²) in [5.74, 6) is 0. The standard InChI is InChI=1S/C13H18N4O2S2/c1-13(2,12-16-6-7-20-12)17-10-5-4-9(14)8-11(10)21(18,19)15-3/h4-8,15,17H,14H2,1-3H3.